The van der Waals surface area contributed by atoms with E-state index in [-0.39, 0.29) is 11.9 Å². The summed E-state index contributed by atoms with van der Waals surface area (Å²) >= 11 is 1.08. The van der Waals surface area contributed by atoms with Crippen molar-refractivity contribution in [2.24, 2.45) is 0 Å². The van der Waals surface area contributed by atoms with Crippen LogP contribution >= 0.6 is 11.8 Å². The smallest absolute Gasteiger partial charge is 0.367 e. The Kier molecular flexibility index (Phi) is 7.29. The number of hydrogen-bond acceptors (Lipinski definition) is 4. The lowest BCUT2D eigenvalue weighted by Gasteiger charge is -1.96. The van der Waals surface area contributed by atoms with Crippen molar-refractivity contribution in [2.45, 2.75) is 6.92 Å². The van der Waals surface area contributed by atoms with Crippen molar-refractivity contribution in [3.05, 3.63) is 12.2 Å². The Morgan fingerprint density at radius 2 is 2.36 bits per heavy atom. The van der Waals surface area contributed by atoms with Gasteiger partial charge in [-0.1, -0.05) is 12.2 Å². The van der Waals surface area contributed by atoms with Crippen LogP contribution in [0.1, 0.15) is 6.92 Å². The zero-order valence-corrected chi connectivity index (χ0v) is 7.26. The Hall–Kier alpha value is -0.480. The minimum atomic E-state index is -0.268. The Morgan fingerprint density at radius 1 is 1.64 bits per heavy atom. The van der Waals surface area contributed by atoms with Gasteiger partial charge in [0.25, 0.3) is 0 Å². The lowest BCUT2D eigenvalue weighted by atomic mass is 10.6. The van der Waals surface area contributed by atoms with Gasteiger partial charge in [0, 0.05) is 5.75 Å². The molecule has 0 saturated carbocycles. The quantitative estimate of drug-likeness (QED) is 0.520. The standard InChI is InChI=1S/C7H12O3S/c1-2-10-7(9)11-6-4-3-5-8/h3-4,8H,2,5-6H2,1H3. The monoisotopic (exact) mass is 176 g/mol. The molecule has 0 aromatic carbocycles. The molecule has 0 aliphatic carbocycles. The molecule has 64 valence electrons. The highest BCUT2D eigenvalue weighted by molar-refractivity contribution is 8.13. The van der Waals surface area contributed by atoms with E-state index in [4.69, 9.17) is 5.11 Å². The van der Waals surface area contributed by atoms with Crippen molar-refractivity contribution in [3.8, 4) is 0 Å². The highest BCUT2D eigenvalue weighted by atomic mass is 32.2. The first-order chi connectivity index (χ1) is 5.31. The molecule has 0 unspecified atom stereocenters. The second kappa shape index (κ2) is 7.63. The third kappa shape index (κ3) is 7.42. The maximum absolute atomic E-state index is 10.7. The number of ether oxygens (including phenoxy) is 1. The minimum absolute atomic E-state index is 0.0172. The zero-order chi connectivity index (χ0) is 8.53. The average molecular weight is 176 g/mol. The van der Waals surface area contributed by atoms with Crippen molar-refractivity contribution in [1.29, 1.82) is 0 Å². The molecule has 0 saturated heterocycles. The van der Waals surface area contributed by atoms with Crippen LogP contribution in [-0.2, 0) is 4.74 Å². The fourth-order valence-electron chi connectivity index (χ4n) is 0.418. The van der Waals surface area contributed by atoms with Gasteiger partial charge in [0.05, 0.1) is 13.2 Å². The van der Waals surface area contributed by atoms with E-state index in [9.17, 15) is 4.79 Å². The van der Waals surface area contributed by atoms with Gasteiger partial charge in [-0.2, -0.15) is 0 Å². The van der Waals surface area contributed by atoms with Crippen LogP contribution in [0.5, 0.6) is 0 Å². The van der Waals surface area contributed by atoms with Crippen LogP contribution in [0.25, 0.3) is 0 Å². The minimum Gasteiger partial charge on any atom is -0.458 e. The van der Waals surface area contributed by atoms with E-state index < -0.39 is 0 Å². The van der Waals surface area contributed by atoms with E-state index in [2.05, 4.69) is 4.74 Å². The first kappa shape index (κ1) is 10.5. The number of aliphatic hydroxyl groups is 1. The summed E-state index contributed by atoms with van der Waals surface area (Å²) in [5.41, 5.74) is 0. The molecular formula is C7H12O3S. The molecule has 0 amide bonds. The van der Waals surface area contributed by atoms with E-state index in [0.29, 0.717) is 12.4 Å². The van der Waals surface area contributed by atoms with Gasteiger partial charge in [-0.25, -0.2) is 4.79 Å². The number of hydrogen-bond donors (Lipinski definition) is 1. The normalized spacial score (nSPS) is 10.4. The number of thioether (sulfide) groups is 1. The molecule has 0 bridgehead atoms. The summed E-state index contributed by atoms with van der Waals surface area (Å²) in [6.07, 6.45) is 3.31. The second-order valence-electron chi connectivity index (χ2n) is 1.65. The Bertz CT molecular complexity index is 134. The summed E-state index contributed by atoms with van der Waals surface area (Å²) in [5, 5.41) is 8.05. The SMILES string of the molecule is CCOC(=O)SCC=CCO. The Morgan fingerprint density at radius 3 is 2.91 bits per heavy atom. The molecule has 1 N–H and O–H groups in total. The fraction of sp³-hybridized carbons (Fsp3) is 0.571. The summed E-state index contributed by atoms with van der Waals surface area (Å²) < 4.78 is 4.65. The van der Waals surface area contributed by atoms with Crippen LogP contribution in [0.3, 0.4) is 0 Å². The predicted molar refractivity (Wildman–Crippen MR) is 45.7 cm³/mol. The summed E-state index contributed by atoms with van der Waals surface area (Å²) in [7, 11) is 0. The van der Waals surface area contributed by atoms with Gasteiger partial charge in [-0.15, -0.1) is 0 Å². The molecule has 0 aromatic rings. The largest absolute Gasteiger partial charge is 0.458 e. The van der Waals surface area contributed by atoms with Crippen LogP contribution in [0.2, 0.25) is 0 Å². The van der Waals surface area contributed by atoms with Crippen LogP contribution in [-0.4, -0.2) is 29.4 Å². The number of rotatable bonds is 4. The van der Waals surface area contributed by atoms with Gasteiger partial charge in [0.15, 0.2) is 0 Å². The summed E-state index contributed by atoms with van der Waals surface area (Å²) in [6, 6.07) is 0. The van der Waals surface area contributed by atoms with Crippen molar-refractivity contribution in [3.63, 3.8) is 0 Å². The molecule has 11 heavy (non-hydrogen) atoms. The molecule has 0 radical (unpaired) electrons. The van der Waals surface area contributed by atoms with Gasteiger partial charge < -0.3 is 9.84 Å². The van der Waals surface area contributed by atoms with Crippen molar-refractivity contribution >= 4 is 17.1 Å². The van der Waals surface area contributed by atoms with Gasteiger partial charge in [-0.3, -0.25) is 0 Å². The summed E-state index contributed by atoms with van der Waals surface area (Å²) in [5.74, 6) is 0.555. The number of carbonyl (C=O) groups is 1. The van der Waals surface area contributed by atoms with E-state index in [1.165, 1.54) is 0 Å². The molecule has 3 nitrogen and oxygen atoms in total. The van der Waals surface area contributed by atoms with Crippen LogP contribution in [0, 0.1) is 0 Å². The van der Waals surface area contributed by atoms with E-state index >= 15 is 0 Å². The maximum atomic E-state index is 10.7. The molecule has 0 spiro atoms. The molecule has 0 atom stereocenters. The predicted octanol–water partition coefficient (Wildman–Crippen LogP) is 1.42. The van der Waals surface area contributed by atoms with Crippen molar-refractivity contribution < 1.29 is 14.6 Å². The topological polar surface area (TPSA) is 46.5 Å². The highest BCUT2D eigenvalue weighted by Crippen LogP contribution is 2.04. The van der Waals surface area contributed by atoms with Gasteiger partial charge in [-0.05, 0) is 18.7 Å². The van der Waals surface area contributed by atoms with E-state index in [1.807, 2.05) is 0 Å². The van der Waals surface area contributed by atoms with Crippen LogP contribution in [0.4, 0.5) is 4.79 Å². The first-order valence-corrected chi connectivity index (χ1v) is 4.35. The third-order valence-electron chi connectivity index (χ3n) is 0.832. The van der Waals surface area contributed by atoms with Crippen molar-refractivity contribution in [1.82, 2.24) is 0 Å². The molecule has 0 aliphatic heterocycles. The van der Waals surface area contributed by atoms with Crippen LogP contribution in [0.15, 0.2) is 12.2 Å². The molecule has 0 rings (SSSR count). The molecular weight excluding hydrogens is 164 g/mol. The molecule has 0 aliphatic rings. The van der Waals surface area contributed by atoms with Gasteiger partial charge in [0.1, 0.15) is 0 Å². The second-order valence-corrected chi connectivity index (χ2v) is 2.60. The maximum Gasteiger partial charge on any atom is 0.367 e. The molecule has 4 heteroatoms. The third-order valence-corrected chi connectivity index (χ3v) is 1.54. The lowest BCUT2D eigenvalue weighted by molar-refractivity contribution is 0.181. The number of aliphatic hydroxyl groups excluding tert-OH is 1. The van der Waals surface area contributed by atoms with E-state index in [0.717, 1.165) is 11.8 Å². The fourth-order valence-corrected chi connectivity index (χ4v) is 0.988. The first-order valence-electron chi connectivity index (χ1n) is 3.36. The lowest BCUT2D eigenvalue weighted by Crippen LogP contribution is -1.96. The van der Waals surface area contributed by atoms with E-state index in [1.54, 1.807) is 19.1 Å². The molecule has 0 aromatic heterocycles. The number of carbonyl (C=O) groups excluding carboxylic acids is 1. The molecule has 0 heterocycles. The summed E-state index contributed by atoms with van der Waals surface area (Å²) in [6.45, 7) is 2.20. The highest BCUT2D eigenvalue weighted by Gasteiger charge is 1.97. The van der Waals surface area contributed by atoms with Crippen molar-refractivity contribution in [2.75, 3.05) is 19.0 Å². The zero-order valence-electron chi connectivity index (χ0n) is 6.45. The van der Waals surface area contributed by atoms with Gasteiger partial charge in [0.2, 0.25) is 0 Å². The Labute approximate surface area is 70.4 Å². The molecule has 0 fully saturated rings. The summed E-state index contributed by atoms with van der Waals surface area (Å²) in [4.78, 5) is 10.7. The average Bonchev–Trinajstić information content (AvgIpc) is 1.99. The van der Waals surface area contributed by atoms with Crippen LogP contribution < -0.4 is 0 Å². The van der Waals surface area contributed by atoms with Gasteiger partial charge >= 0.3 is 5.30 Å². The Balaban J connectivity index is 3.24.